The first-order valence-electron chi connectivity index (χ1n) is 7.30. The number of nitrogens with zero attached hydrogens (tertiary/aromatic N) is 1. The molecule has 1 heterocycles. The average Bonchev–Trinajstić information content (AvgIpc) is 3.09. The van der Waals surface area contributed by atoms with Crippen LogP contribution in [0.1, 0.15) is 21.6 Å². The predicted molar refractivity (Wildman–Crippen MR) is 97.2 cm³/mol. The summed E-state index contributed by atoms with van der Waals surface area (Å²) >= 11 is 3.08. The van der Waals surface area contributed by atoms with Crippen molar-refractivity contribution >= 4 is 34.7 Å². The third kappa shape index (κ3) is 4.01. The van der Waals surface area contributed by atoms with Crippen molar-refractivity contribution in [2.45, 2.75) is 17.6 Å². The summed E-state index contributed by atoms with van der Waals surface area (Å²) in [4.78, 5) is 17.6. The fourth-order valence-electron chi connectivity index (χ4n) is 2.15. The lowest BCUT2D eigenvalue weighted by Crippen LogP contribution is -2.14. The Kier molecular flexibility index (Phi) is 5.27. The summed E-state index contributed by atoms with van der Waals surface area (Å²) in [6.07, 6.45) is 0. The van der Waals surface area contributed by atoms with Crippen LogP contribution >= 0.6 is 23.1 Å². The molecular formula is C18H15FN2OS2. The van der Waals surface area contributed by atoms with Crippen LogP contribution in [0.3, 0.4) is 0 Å². The second kappa shape index (κ2) is 7.59. The van der Waals surface area contributed by atoms with Crippen LogP contribution in [-0.4, -0.2) is 10.9 Å². The maximum atomic E-state index is 13.9. The predicted octanol–water partition coefficient (Wildman–Crippen LogP) is 5.14. The third-order valence-corrected chi connectivity index (χ3v) is 5.11. The van der Waals surface area contributed by atoms with Crippen LogP contribution in [0.4, 0.5) is 10.1 Å². The minimum Gasteiger partial charge on any atom is -0.319 e. The number of rotatable bonds is 5. The van der Waals surface area contributed by atoms with Gasteiger partial charge in [-0.15, -0.1) is 23.1 Å². The van der Waals surface area contributed by atoms with Crippen LogP contribution in [0.15, 0.2) is 58.3 Å². The Bertz CT molecular complexity index is 850. The highest BCUT2D eigenvalue weighted by Gasteiger charge is 2.14. The van der Waals surface area contributed by atoms with Gasteiger partial charge in [-0.25, -0.2) is 9.37 Å². The highest BCUT2D eigenvalue weighted by atomic mass is 32.2. The van der Waals surface area contributed by atoms with Crippen molar-refractivity contribution in [3.05, 3.63) is 76.0 Å². The van der Waals surface area contributed by atoms with Gasteiger partial charge in [0, 0.05) is 16.0 Å². The molecule has 0 aliphatic heterocycles. The molecule has 122 valence electrons. The van der Waals surface area contributed by atoms with E-state index in [1.807, 2.05) is 17.5 Å². The molecule has 0 saturated heterocycles. The molecule has 3 nitrogen and oxygen atoms in total. The molecule has 2 aromatic carbocycles. The Hall–Kier alpha value is -2.18. The summed E-state index contributed by atoms with van der Waals surface area (Å²) in [7, 11) is 0. The Morgan fingerprint density at radius 3 is 2.88 bits per heavy atom. The minimum atomic E-state index is -0.434. The van der Waals surface area contributed by atoms with Crippen molar-refractivity contribution in [2.24, 2.45) is 0 Å². The zero-order valence-corrected chi connectivity index (χ0v) is 14.6. The smallest absolute Gasteiger partial charge is 0.256 e. The molecule has 0 unspecified atom stereocenters. The van der Waals surface area contributed by atoms with Gasteiger partial charge in [-0.3, -0.25) is 4.79 Å². The van der Waals surface area contributed by atoms with Gasteiger partial charge in [-0.1, -0.05) is 18.2 Å². The van der Waals surface area contributed by atoms with Gasteiger partial charge in [0.1, 0.15) is 5.82 Å². The normalized spacial score (nSPS) is 10.6. The van der Waals surface area contributed by atoms with E-state index in [1.54, 1.807) is 48.0 Å². The van der Waals surface area contributed by atoms with Crippen LogP contribution in [0, 0.1) is 12.7 Å². The van der Waals surface area contributed by atoms with Crippen LogP contribution in [0.25, 0.3) is 0 Å². The van der Waals surface area contributed by atoms with E-state index < -0.39 is 5.82 Å². The summed E-state index contributed by atoms with van der Waals surface area (Å²) < 4.78 is 13.9. The first-order valence-corrected chi connectivity index (χ1v) is 9.23. The van der Waals surface area contributed by atoms with E-state index in [0.717, 1.165) is 16.2 Å². The number of benzene rings is 2. The van der Waals surface area contributed by atoms with Crippen molar-refractivity contribution in [3.63, 3.8) is 0 Å². The number of aryl methyl sites for hydroxylation is 1. The topological polar surface area (TPSA) is 42.0 Å². The molecule has 24 heavy (non-hydrogen) atoms. The number of anilines is 1. The summed E-state index contributed by atoms with van der Waals surface area (Å²) in [6.45, 7) is 1.80. The fourth-order valence-corrected chi connectivity index (χ4v) is 3.77. The molecule has 0 radical (unpaired) electrons. The Balaban J connectivity index is 1.77. The van der Waals surface area contributed by atoms with Crippen molar-refractivity contribution in [1.82, 2.24) is 4.98 Å². The molecule has 0 spiro atoms. The molecule has 0 saturated carbocycles. The van der Waals surface area contributed by atoms with E-state index in [1.165, 1.54) is 17.8 Å². The zero-order chi connectivity index (χ0) is 16.9. The number of hydrogen-bond acceptors (Lipinski definition) is 4. The first kappa shape index (κ1) is 16.7. The molecule has 0 fully saturated rings. The molecule has 0 bridgehead atoms. The van der Waals surface area contributed by atoms with Crippen molar-refractivity contribution in [1.29, 1.82) is 0 Å². The van der Waals surface area contributed by atoms with Gasteiger partial charge in [0.2, 0.25) is 0 Å². The van der Waals surface area contributed by atoms with Crippen molar-refractivity contribution in [2.75, 3.05) is 5.32 Å². The quantitative estimate of drug-likeness (QED) is 0.643. The van der Waals surface area contributed by atoms with E-state index in [2.05, 4.69) is 10.3 Å². The molecule has 0 aliphatic carbocycles. The van der Waals surface area contributed by atoms with E-state index in [-0.39, 0.29) is 11.6 Å². The second-order valence-electron chi connectivity index (χ2n) is 5.20. The number of halogens is 1. The molecule has 6 heteroatoms. The van der Waals surface area contributed by atoms with Crippen LogP contribution < -0.4 is 5.32 Å². The molecule has 0 atom stereocenters. The Morgan fingerprint density at radius 1 is 1.29 bits per heavy atom. The van der Waals surface area contributed by atoms with Crippen LogP contribution in [0.2, 0.25) is 0 Å². The van der Waals surface area contributed by atoms with Crippen molar-refractivity contribution in [3.8, 4) is 0 Å². The van der Waals surface area contributed by atoms with Gasteiger partial charge >= 0.3 is 0 Å². The highest BCUT2D eigenvalue weighted by Crippen LogP contribution is 2.27. The van der Waals surface area contributed by atoms with E-state index in [4.69, 9.17) is 0 Å². The summed E-state index contributed by atoms with van der Waals surface area (Å²) in [5, 5.41) is 4.63. The number of amides is 1. The lowest BCUT2D eigenvalue weighted by atomic mass is 10.2. The summed E-state index contributed by atoms with van der Waals surface area (Å²) in [6, 6.07) is 12.1. The molecule has 3 aromatic rings. The lowest BCUT2D eigenvalue weighted by Gasteiger charge is -2.10. The number of hydrogen-bond donors (Lipinski definition) is 1. The number of thiazole rings is 1. The van der Waals surface area contributed by atoms with E-state index >= 15 is 0 Å². The van der Waals surface area contributed by atoms with Gasteiger partial charge in [-0.2, -0.15) is 0 Å². The molecule has 1 N–H and O–H groups in total. The lowest BCUT2D eigenvalue weighted by molar-refractivity contribution is 0.102. The largest absolute Gasteiger partial charge is 0.319 e. The molecule has 0 aliphatic rings. The average molecular weight is 358 g/mol. The van der Waals surface area contributed by atoms with E-state index in [9.17, 15) is 9.18 Å². The molecule has 1 amide bonds. The summed E-state index contributed by atoms with van der Waals surface area (Å²) in [5.41, 5.74) is 4.28. The number of carbonyl (C=O) groups is 1. The molecule has 3 rings (SSSR count). The standard InChI is InChI=1S/C18H15FN2OS2/c1-12-6-7-16(15(19)8-12)21-18(22)14-4-2-3-5-17(14)24-10-13-9-23-11-20-13/h2-9,11H,10H2,1H3,(H,21,22). The van der Waals surface area contributed by atoms with Crippen LogP contribution in [-0.2, 0) is 5.75 Å². The summed E-state index contributed by atoms with van der Waals surface area (Å²) in [5.74, 6) is -0.0674. The van der Waals surface area contributed by atoms with E-state index in [0.29, 0.717) is 11.3 Å². The zero-order valence-electron chi connectivity index (χ0n) is 13.0. The maximum Gasteiger partial charge on any atom is 0.256 e. The second-order valence-corrected chi connectivity index (χ2v) is 6.94. The Morgan fingerprint density at radius 2 is 2.12 bits per heavy atom. The Labute approximate surface area is 148 Å². The number of nitrogens with one attached hydrogen (secondary N) is 1. The third-order valence-electron chi connectivity index (χ3n) is 3.36. The van der Waals surface area contributed by atoms with Gasteiger partial charge in [0.05, 0.1) is 22.5 Å². The monoisotopic (exact) mass is 358 g/mol. The van der Waals surface area contributed by atoms with Crippen molar-refractivity contribution < 1.29 is 9.18 Å². The van der Waals surface area contributed by atoms with Gasteiger partial charge in [0.25, 0.3) is 5.91 Å². The van der Waals surface area contributed by atoms with Gasteiger partial charge in [0.15, 0.2) is 0 Å². The van der Waals surface area contributed by atoms with Gasteiger partial charge in [-0.05, 0) is 36.8 Å². The number of carbonyl (C=O) groups excluding carboxylic acids is 1. The van der Waals surface area contributed by atoms with Gasteiger partial charge < -0.3 is 5.32 Å². The fraction of sp³-hybridized carbons (Fsp3) is 0.111. The molecule has 1 aromatic heterocycles. The SMILES string of the molecule is Cc1ccc(NC(=O)c2ccccc2SCc2cscn2)c(F)c1. The van der Waals surface area contributed by atoms with Crippen LogP contribution in [0.5, 0.6) is 0 Å². The minimum absolute atomic E-state index is 0.185. The number of aromatic nitrogens is 1. The highest BCUT2D eigenvalue weighted by molar-refractivity contribution is 7.98. The number of thioether (sulfide) groups is 1. The first-order chi connectivity index (χ1) is 11.6. The molecular weight excluding hydrogens is 343 g/mol. The maximum absolute atomic E-state index is 13.9.